The minimum atomic E-state index is 0.542. The Kier molecular flexibility index (Phi) is 3.96. The molecule has 2 N–H and O–H groups in total. The van der Waals surface area contributed by atoms with Crippen LogP contribution >= 0.6 is 0 Å². The molecule has 2 heteroatoms. The number of nitrogens with zero attached hydrogens (tertiary/aromatic N) is 1. The monoisotopic (exact) mass is 246 g/mol. The van der Waals surface area contributed by atoms with E-state index in [9.17, 15) is 0 Å². The molecule has 0 spiro atoms. The SMILES string of the molecule is CCC1(CC)CCN(c2ccc(CN)c(C)c2)C1. The summed E-state index contributed by atoms with van der Waals surface area (Å²) in [4.78, 5) is 2.54. The molecule has 0 bridgehead atoms. The molecule has 0 unspecified atom stereocenters. The highest BCUT2D eigenvalue weighted by Gasteiger charge is 2.34. The van der Waals surface area contributed by atoms with Gasteiger partial charge in [-0.1, -0.05) is 19.9 Å². The van der Waals surface area contributed by atoms with Gasteiger partial charge in [-0.2, -0.15) is 0 Å². The molecule has 0 aliphatic carbocycles. The predicted molar refractivity (Wildman–Crippen MR) is 78.9 cm³/mol. The van der Waals surface area contributed by atoms with Crippen LogP contribution in [0.25, 0.3) is 0 Å². The molecule has 1 aliphatic rings. The lowest BCUT2D eigenvalue weighted by Gasteiger charge is -2.27. The Morgan fingerprint density at radius 2 is 2.00 bits per heavy atom. The molecule has 0 aromatic heterocycles. The Bertz CT molecular complexity index is 408. The molecule has 2 nitrogen and oxygen atoms in total. The van der Waals surface area contributed by atoms with E-state index in [2.05, 4.69) is 43.9 Å². The standard InChI is InChI=1S/C16H26N2/c1-4-16(5-2)8-9-18(12-16)15-7-6-14(11-17)13(3)10-15/h6-7,10H,4-5,8-9,11-12,17H2,1-3H3. The molecule has 1 aliphatic heterocycles. The molecule has 0 atom stereocenters. The molecule has 1 saturated heterocycles. The van der Waals surface area contributed by atoms with Gasteiger partial charge < -0.3 is 10.6 Å². The van der Waals surface area contributed by atoms with Gasteiger partial charge in [-0.15, -0.1) is 0 Å². The Hall–Kier alpha value is -1.02. The summed E-state index contributed by atoms with van der Waals surface area (Å²) in [5.74, 6) is 0. The molecule has 0 radical (unpaired) electrons. The molecule has 2 rings (SSSR count). The minimum absolute atomic E-state index is 0.542. The van der Waals surface area contributed by atoms with Crippen molar-refractivity contribution in [3.63, 3.8) is 0 Å². The lowest BCUT2D eigenvalue weighted by molar-refractivity contribution is 0.301. The Labute approximate surface area is 111 Å². The Balaban J connectivity index is 2.17. The highest BCUT2D eigenvalue weighted by atomic mass is 15.2. The second kappa shape index (κ2) is 5.31. The molecule has 1 aromatic carbocycles. The van der Waals surface area contributed by atoms with E-state index < -0.39 is 0 Å². The van der Waals surface area contributed by atoms with Crippen LogP contribution in [0.3, 0.4) is 0 Å². The Morgan fingerprint density at radius 1 is 1.28 bits per heavy atom. The minimum Gasteiger partial charge on any atom is -0.371 e. The Morgan fingerprint density at radius 3 is 2.50 bits per heavy atom. The van der Waals surface area contributed by atoms with Crippen molar-refractivity contribution < 1.29 is 0 Å². The summed E-state index contributed by atoms with van der Waals surface area (Å²) in [6.45, 7) is 9.87. The van der Waals surface area contributed by atoms with Crippen LogP contribution in [0.15, 0.2) is 18.2 Å². The first-order valence-corrected chi connectivity index (χ1v) is 7.18. The maximum atomic E-state index is 5.73. The number of nitrogens with two attached hydrogens (primary N) is 1. The third-order valence-electron chi connectivity index (χ3n) is 4.85. The average Bonchev–Trinajstić information content (AvgIpc) is 2.84. The smallest absolute Gasteiger partial charge is 0.0369 e. The van der Waals surface area contributed by atoms with E-state index in [-0.39, 0.29) is 0 Å². The molecule has 0 saturated carbocycles. The predicted octanol–water partition coefficient (Wildman–Crippen LogP) is 3.47. The van der Waals surface area contributed by atoms with Crippen molar-refractivity contribution >= 4 is 5.69 Å². The first-order valence-electron chi connectivity index (χ1n) is 7.18. The van der Waals surface area contributed by atoms with Gasteiger partial charge in [-0.25, -0.2) is 0 Å². The fourth-order valence-corrected chi connectivity index (χ4v) is 3.09. The fourth-order valence-electron chi connectivity index (χ4n) is 3.09. The van der Waals surface area contributed by atoms with Gasteiger partial charge in [0.15, 0.2) is 0 Å². The molecule has 1 aromatic rings. The average molecular weight is 246 g/mol. The number of hydrogen-bond acceptors (Lipinski definition) is 2. The second-order valence-corrected chi connectivity index (χ2v) is 5.69. The topological polar surface area (TPSA) is 29.3 Å². The maximum Gasteiger partial charge on any atom is 0.0369 e. The number of anilines is 1. The van der Waals surface area contributed by atoms with Crippen molar-refractivity contribution in [1.82, 2.24) is 0 Å². The molecular formula is C16H26N2. The zero-order valence-corrected chi connectivity index (χ0v) is 12.0. The lowest BCUT2D eigenvalue weighted by atomic mass is 9.82. The van der Waals surface area contributed by atoms with E-state index in [0.29, 0.717) is 12.0 Å². The summed E-state index contributed by atoms with van der Waals surface area (Å²) in [7, 11) is 0. The van der Waals surface area contributed by atoms with Crippen molar-refractivity contribution in [2.45, 2.75) is 46.6 Å². The van der Waals surface area contributed by atoms with Crippen molar-refractivity contribution in [2.75, 3.05) is 18.0 Å². The van der Waals surface area contributed by atoms with Crippen molar-refractivity contribution in [3.8, 4) is 0 Å². The van der Waals surface area contributed by atoms with Crippen molar-refractivity contribution in [2.24, 2.45) is 11.1 Å². The summed E-state index contributed by atoms with van der Waals surface area (Å²) in [5, 5.41) is 0. The molecule has 100 valence electrons. The highest BCUT2D eigenvalue weighted by molar-refractivity contribution is 5.52. The summed E-state index contributed by atoms with van der Waals surface area (Å²) in [5.41, 5.74) is 10.2. The molecule has 0 amide bonds. The summed E-state index contributed by atoms with van der Waals surface area (Å²) >= 11 is 0. The normalized spacial score (nSPS) is 18.3. The maximum absolute atomic E-state index is 5.73. The van der Waals surface area contributed by atoms with E-state index in [1.54, 1.807) is 0 Å². The van der Waals surface area contributed by atoms with Crippen LogP contribution < -0.4 is 10.6 Å². The zero-order chi connectivity index (χ0) is 13.2. The highest BCUT2D eigenvalue weighted by Crippen LogP contribution is 2.39. The molecule has 1 heterocycles. The van der Waals surface area contributed by atoms with E-state index in [1.165, 1.54) is 49.2 Å². The fraction of sp³-hybridized carbons (Fsp3) is 0.625. The first-order chi connectivity index (χ1) is 8.64. The van der Waals surface area contributed by atoms with Gasteiger partial charge in [0, 0.05) is 25.3 Å². The van der Waals surface area contributed by atoms with Crippen LogP contribution in [-0.2, 0) is 6.54 Å². The van der Waals surface area contributed by atoms with Gasteiger partial charge >= 0.3 is 0 Å². The number of hydrogen-bond donors (Lipinski definition) is 1. The van der Waals surface area contributed by atoms with Crippen LogP contribution in [0.2, 0.25) is 0 Å². The van der Waals surface area contributed by atoms with Crippen LogP contribution in [0, 0.1) is 12.3 Å². The number of aryl methyl sites for hydroxylation is 1. The summed E-state index contributed by atoms with van der Waals surface area (Å²) < 4.78 is 0. The lowest BCUT2D eigenvalue weighted by Crippen LogP contribution is -2.26. The van der Waals surface area contributed by atoms with Crippen LogP contribution in [-0.4, -0.2) is 13.1 Å². The first kappa shape index (κ1) is 13.4. The van der Waals surface area contributed by atoms with Crippen LogP contribution in [0.1, 0.15) is 44.2 Å². The third kappa shape index (κ3) is 2.39. The van der Waals surface area contributed by atoms with Crippen LogP contribution in [0.4, 0.5) is 5.69 Å². The van der Waals surface area contributed by atoms with E-state index >= 15 is 0 Å². The van der Waals surface area contributed by atoms with E-state index in [0.717, 1.165) is 0 Å². The quantitative estimate of drug-likeness (QED) is 0.881. The van der Waals surface area contributed by atoms with Gasteiger partial charge in [-0.3, -0.25) is 0 Å². The largest absolute Gasteiger partial charge is 0.371 e. The summed E-state index contributed by atoms with van der Waals surface area (Å²) in [6, 6.07) is 6.71. The zero-order valence-electron chi connectivity index (χ0n) is 12.0. The van der Waals surface area contributed by atoms with E-state index in [4.69, 9.17) is 5.73 Å². The van der Waals surface area contributed by atoms with Gasteiger partial charge in [0.05, 0.1) is 0 Å². The third-order valence-corrected chi connectivity index (χ3v) is 4.85. The molecule has 18 heavy (non-hydrogen) atoms. The molecule has 1 fully saturated rings. The van der Waals surface area contributed by atoms with Crippen LogP contribution in [0.5, 0.6) is 0 Å². The van der Waals surface area contributed by atoms with Gasteiger partial charge in [0.1, 0.15) is 0 Å². The number of benzene rings is 1. The second-order valence-electron chi connectivity index (χ2n) is 5.69. The number of rotatable bonds is 4. The molecular weight excluding hydrogens is 220 g/mol. The summed E-state index contributed by atoms with van der Waals surface area (Å²) in [6.07, 6.45) is 3.91. The van der Waals surface area contributed by atoms with Crippen molar-refractivity contribution in [1.29, 1.82) is 0 Å². The van der Waals surface area contributed by atoms with Gasteiger partial charge in [0.25, 0.3) is 0 Å². The van der Waals surface area contributed by atoms with E-state index in [1.807, 2.05) is 0 Å². The van der Waals surface area contributed by atoms with Gasteiger partial charge in [0.2, 0.25) is 0 Å². The van der Waals surface area contributed by atoms with Crippen molar-refractivity contribution in [3.05, 3.63) is 29.3 Å². The van der Waals surface area contributed by atoms with Gasteiger partial charge in [-0.05, 0) is 54.9 Å².